The quantitative estimate of drug-likeness (QED) is 0.783. The summed E-state index contributed by atoms with van der Waals surface area (Å²) in [5, 5.41) is 0.474. The van der Waals surface area contributed by atoms with Gasteiger partial charge in [0.15, 0.2) is 0 Å². The van der Waals surface area contributed by atoms with E-state index in [0.29, 0.717) is 10.6 Å². The van der Waals surface area contributed by atoms with Gasteiger partial charge in [0.1, 0.15) is 6.04 Å². The molecule has 1 aliphatic heterocycles. The van der Waals surface area contributed by atoms with Gasteiger partial charge in [-0.15, -0.1) is 0 Å². The third-order valence-corrected chi connectivity index (χ3v) is 3.83. The van der Waals surface area contributed by atoms with Crippen molar-refractivity contribution in [3.05, 3.63) is 70.7 Å². The molecule has 1 heterocycles. The molecule has 1 fully saturated rings. The molecule has 21 heavy (non-hydrogen) atoms. The summed E-state index contributed by atoms with van der Waals surface area (Å²) >= 11 is 5.78. The van der Waals surface area contributed by atoms with E-state index in [1.807, 2.05) is 30.3 Å². The minimum absolute atomic E-state index is 0.169. The summed E-state index contributed by atoms with van der Waals surface area (Å²) in [6.07, 6.45) is 0. The SMILES string of the molecule is O=C1N(Cc2ccccc2)C(c2ccc(Cl)cc2)C1(F)F. The molecule has 2 aromatic carbocycles. The molecule has 1 amide bonds. The number of carbonyl (C=O) groups excluding carboxylic acids is 1. The zero-order valence-corrected chi connectivity index (χ0v) is 11.7. The van der Waals surface area contributed by atoms with Crippen molar-refractivity contribution in [3.63, 3.8) is 0 Å². The Morgan fingerprint density at radius 3 is 2.29 bits per heavy atom. The van der Waals surface area contributed by atoms with Gasteiger partial charge in [-0.3, -0.25) is 4.79 Å². The summed E-state index contributed by atoms with van der Waals surface area (Å²) in [5.74, 6) is -4.49. The van der Waals surface area contributed by atoms with Crippen LogP contribution in [-0.2, 0) is 11.3 Å². The maximum absolute atomic E-state index is 13.9. The van der Waals surface area contributed by atoms with Crippen LogP contribution in [-0.4, -0.2) is 16.7 Å². The van der Waals surface area contributed by atoms with E-state index in [1.54, 1.807) is 12.1 Å². The number of alkyl halides is 2. The molecule has 0 aliphatic carbocycles. The number of β-lactam (4-membered cyclic amide) rings is 1. The van der Waals surface area contributed by atoms with Gasteiger partial charge in [0.2, 0.25) is 0 Å². The Kier molecular flexibility index (Phi) is 3.41. The van der Waals surface area contributed by atoms with E-state index in [2.05, 4.69) is 0 Å². The molecular formula is C16H12ClF2NO. The molecule has 0 N–H and O–H groups in total. The van der Waals surface area contributed by atoms with E-state index in [9.17, 15) is 13.6 Å². The zero-order valence-electron chi connectivity index (χ0n) is 11.0. The Hall–Kier alpha value is -1.94. The number of carbonyl (C=O) groups is 1. The molecule has 108 valence electrons. The van der Waals surface area contributed by atoms with Gasteiger partial charge in [0, 0.05) is 11.6 Å². The lowest BCUT2D eigenvalue weighted by Gasteiger charge is -2.46. The van der Waals surface area contributed by atoms with Gasteiger partial charge in [-0.2, -0.15) is 8.78 Å². The smallest absolute Gasteiger partial charge is 0.319 e. The van der Waals surface area contributed by atoms with Crippen LogP contribution in [0, 0.1) is 0 Å². The standard InChI is InChI=1S/C16H12ClF2NO/c17-13-8-6-12(7-9-13)14-16(18,19)15(21)20(14)10-11-4-2-1-3-5-11/h1-9,14H,10H2. The van der Waals surface area contributed by atoms with Gasteiger partial charge in [0.05, 0.1) is 0 Å². The highest BCUT2D eigenvalue weighted by Crippen LogP contribution is 2.48. The van der Waals surface area contributed by atoms with Crippen molar-refractivity contribution in [3.8, 4) is 0 Å². The molecule has 0 saturated carbocycles. The van der Waals surface area contributed by atoms with Crippen molar-refractivity contribution >= 4 is 17.5 Å². The van der Waals surface area contributed by atoms with Crippen molar-refractivity contribution in [2.24, 2.45) is 0 Å². The Balaban J connectivity index is 1.89. The van der Waals surface area contributed by atoms with Crippen LogP contribution in [0.3, 0.4) is 0 Å². The largest absolute Gasteiger partial charge is 0.348 e. The first-order chi connectivity index (χ1) is 10.00. The van der Waals surface area contributed by atoms with E-state index >= 15 is 0 Å². The second-order valence-electron chi connectivity index (χ2n) is 5.00. The van der Waals surface area contributed by atoms with Gasteiger partial charge in [-0.1, -0.05) is 54.1 Å². The maximum atomic E-state index is 13.9. The van der Waals surface area contributed by atoms with Crippen molar-refractivity contribution in [1.82, 2.24) is 4.90 Å². The third-order valence-electron chi connectivity index (χ3n) is 3.58. The number of amides is 1. The first-order valence-corrected chi connectivity index (χ1v) is 6.86. The molecule has 0 aromatic heterocycles. The lowest BCUT2D eigenvalue weighted by molar-refractivity contribution is -0.207. The molecule has 1 aliphatic rings. The van der Waals surface area contributed by atoms with Crippen molar-refractivity contribution in [1.29, 1.82) is 0 Å². The minimum atomic E-state index is -3.36. The van der Waals surface area contributed by atoms with Crippen LogP contribution in [0.4, 0.5) is 8.78 Å². The molecular weight excluding hydrogens is 296 g/mol. The van der Waals surface area contributed by atoms with Crippen molar-refractivity contribution in [2.75, 3.05) is 0 Å². The van der Waals surface area contributed by atoms with E-state index in [1.165, 1.54) is 17.0 Å². The van der Waals surface area contributed by atoms with E-state index in [0.717, 1.165) is 5.56 Å². The summed E-state index contributed by atoms with van der Waals surface area (Å²) < 4.78 is 27.8. The molecule has 1 unspecified atom stereocenters. The topological polar surface area (TPSA) is 20.3 Å². The van der Waals surface area contributed by atoms with E-state index < -0.39 is 17.9 Å². The summed E-state index contributed by atoms with van der Waals surface area (Å²) in [7, 11) is 0. The predicted octanol–water partition coefficient (Wildman–Crippen LogP) is 4.06. The fourth-order valence-corrected chi connectivity index (χ4v) is 2.66. The first kappa shape index (κ1) is 14.0. The minimum Gasteiger partial charge on any atom is -0.319 e. The summed E-state index contributed by atoms with van der Waals surface area (Å²) in [5.41, 5.74) is 1.21. The normalized spacial score (nSPS) is 20.2. The number of rotatable bonds is 3. The van der Waals surface area contributed by atoms with E-state index in [-0.39, 0.29) is 6.54 Å². The zero-order chi connectivity index (χ0) is 15.0. The maximum Gasteiger partial charge on any atom is 0.348 e. The highest BCUT2D eigenvalue weighted by atomic mass is 35.5. The van der Waals surface area contributed by atoms with Crippen molar-refractivity contribution in [2.45, 2.75) is 18.5 Å². The Bertz CT molecular complexity index is 658. The molecule has 0 bridgehead atoms. The van der Waals surface area contributed by atoms with Crippen LogP contribution in [0.25, 0.3) is 0 Å². The monoisotopic (exact) mass is 307 g/mol. The molecule has 1 saturated heterocycles. The average Bonchev–Trinajstić information content (AvgIpc) is 2.49. The number of halogens is 3. The van der Waals surface area contributed by atoms with Crippen LogP contribution in [0.2, 0.25) is 5.02 Å². The predicted molar refractivity (Wildman–Crippen MR) is 76.1 cm³/mol. The fraction of sp³-hybridized carbons (Fsp3) is 0.188. The Labute approximate surface area is 125 Å². The van der Waals surface area contributed by atoms with Crippen molar-refractivity contribution < 1.29 is 13.6 Å². The van der Waals surface area contributed by atoms with Gasteiger partial charge in [-0.05, 0) is 23.3 Å². The van der Waals surface area contributed by atoms with Gasteiger partial charge in [0.25, 0.3) is 5.91 Å². The summed E-state index contributed by atoms with van der Waals surface area (Å²) in [4.78, 5) is 12.9. The average molecular weight is 308 g/mol. The molecule has 2 nitrogen and oxygen atoms in total. The number of benzene rings is 2. The molecule has 3 rings (SSSR count). The number of hydrogen-bond acceptors (Lipinski definition) is 1. The second kappa shape index (κ2) is 5.11. The first-order valence-electron chi connectivity index (χ1n) is 6.48. The molecule has 0 radical (unpaired) electrons. The van der Waals surface area contributed by atoms with Gasteiger partial charge in [-0.25, -0.2) is 0 Å². The Morgan fingerprint density at radius 2 is 1.67 bits per heavy atom. The number of nitrogens with zero attached hydrogens (tertiary/aromatic N) is 1. The third kappa shape index (κ3) is 2.40. The highest BCUT2D eigenvalue weighted by Gasteiger charge is 2.63. The van der Waals surface area contributed by atoms with Crippen LogP contribution < -0.4 is 0 Å². The lowest BCUT2D eigenvalue weighted by Crippen LogP contribution is -2.63. The molecule has 1 atom stereocenters. The summed E-state index contributed by atoms with van der Waals surface area (Å²) in [6, 6.07) is 14.0. The lowest BCUT2D eigenvalue weighted by atomic mass is 9.89. The Morgan fingerprint density at radius 1 is 1.05 bits per heavy atom. The molecule has 5 heteroatoms. The van der Waals surface area contributed by atoms with Crippen LogP contribution in [0.1, 0.15) is 17.2 Å². The van der Waals surface area contributed by atoms with Crippen LogP contribution >= 0.6 is 11.6 Å². The molecule has 0 spiro atoms. The summed E-state index contributed by atoms with van der Waals surface area (Å²) in [6.45, 7) is 0.169. The van der Waals surface area contributed by atoms with Crippen LogP contribution in [0.5, 0.6) is 0 Å². The number of hydrogen-bond donors (Lipinski definition) is 0. The van der Waals surface area contributed by atoms with Gasteiger partial charge < -0.3 is 4.90 Å². The second-order valence-corrected chi connectivity index (χ2v) is 5.43. The van der Waals surface area contributed by atoms with Crippen LogP contribution in [0.15, 0.2) is 54.6 Å². The highest BCUT2D eigenvalue weighted by molar-refractivity contribution is 6.30. The fourth-order valence-electron chi connectivity index (χ4n) is 2.53. The number of likely N-dealkylation sites (tertiary alicyclic amines) is 1. The molecule has 2 aromatic rings. The van der Waals surface area contributed by atoms with E-state index in [4.69, 9.17) is 11.6 Å². The van der Waals surface area contributed by atoms with Gasteiger partial charge >= 0.3 is 5.92 Å².